The molecule has 1 saturated heterocycles. The maximum absolute atomic E-state index is 4.96. The minimum atomic E-state index is 0.801. The van der Waals surface area contributed by atoms with Gasteiger partial charge in [-0.05, 0) is 36.5 Å². The standard InChI is InChI=1S/C21H24N4/c1-2-12-25-19(15-24-13-10-22-11-14-24)21(23-20(25)3-1)18-8-6-17(7-9-18)16-4-5-16/h1-3,6-9,12,16,22H,4-5,10-11,13-15H2. The molecule has 0 amide bonds. The van der Waals surface area contributed by atoms with Gasteiger partial charge in [0.25, 0.3) is 0 Å². The van der Waals surface area contributed by atoms with E-state index in [0.717, 1.165) is 50.0 Å². The third-order valence-corrected chi connectivity index (χ3v) is 5.44. The molecule has 25 heavy (non-hydrogen) atoms. The Kier molecular flexibility index (Phi) is 3.80. The molecule has 1 aliphatic heterocycles. The molecule has 0 spiro atoms. The Morgan fingerprint density at radius 3 is 2.56 bits per heavy atom. The zero-order valence-corrected chi connectivity index (χ0v) is 14.5. The van der Waals surface area contributed by atoms with Gasteiger partial charge in [-0.1, -0.05) is 30.3 Å². The minimum absolute atomic E-state index is 0.801. The Morgan fingerprint density at radius 1 is 1.00 bits per heavy atom. The van der Waals surface area contributed by atoms with Crippen LogP contribution in [0.15, 0.2) is 48.7 Å². The summed E-state index contributed by atoms with van der Waals surface area (Å²) < 4.78 is 2.26. The number of pyridine rings is 1. The summed E-state index contributed by atoms with van der Waals surface area (Å²) in [5.41, 5.74) is 6.19. The molecule has 1 N–H and O–H groups in total. The van der Waals surface area contributed by atoms with Crippen molar-refractivity contribution in [2.45, 2.75) is 25.3 Å². The number of nitrogens with zero attached hydrogens (tertiary/aromatic N) is 3. The van der Waals surface area contributed by atoms with Crippen molar-refractivity contribution in [3.05, 3.63) is 59.9 Å². The largest absolute Gasteiger partial charge is 0.314 e. The summed E-state index contributed by atoms with van der Waals surface area (Å²) >= 11 is 0. The van der Waals surface area contributed by atoms with Gasteiger partial charge in [0, 0.05) is 44.5 Å². The van der Waals surface area contributed by atoms with Crippen LogP contribution in [0.1, 0.15) is 30.0 Å². The van der Waals surface area contributed by atoms with Gasteiger partial charge in [0.1, 0.15) is 5.65 Å². The van der Waals surface area contributed by atoms with Crippen LogP contribution in [-0.2, 0) is 6.54 Å². The highest BCUT2D eigenvalue weighted by Gasteiger charge is 2.24. The Hall–Kier alpha value is -2.17. The van der Waals surface area contributed by atoms with E-state index >= 15 is 0 Å². The Labute approximate surface area is 148 Å². The number of piperazine rings is 1. The van der Waals surface area contributed by atoms with Crippen molar-refractivity contribution in [3.63, 3.8) is 0 Å². The molecule has 1 aliphatic carbocycles. The number of hydrogen-bond donors (Lipinski definition) is 1. The van der Waals surface area contributed by atoms with Crippen LogP contribution < -0.4 is 5.32 Å². The predicted octanol–water partition coefficient (Wildman–Crippen LogP) is 3.28. The summed E-state index contributed by atoms with van der Waals surface area (Å²) in [6.45, 7) is 5.29. The first-order valence-corrected chi connectivity index (χ1v) is 9.38. The average Bonchev–Trinajstić information content (AvgIpc) is 3.46. The molecule has 5 rings (SSSR count). The van der Waals surface area contributed by atoms with Gasteiger partial charge < -0.3 is 9.72 Å². The van der Waals surface area contributed by atoms with Crippen LogP contribution in [-0.4, -0.2) is 40.5 Å². The zero-order chi connectivity index (χ0) is 16.6. The van der Waals surface area contributed by atoms with Gasteiger partial charge in [0.15, 0.2) is 0 Å². The van der Waals surface area contributed by atoms with Gasteiger partial charge in [0.2, 0.25) is 0 Å². The van der Waals surface area contributed by atoms with E-state index in [2.05, 4.69) is 63.3 Å². The van der Waals surface area contributed by atoms with Gasteiger partial charge in [0.05, 0.1) is 11.4 Å². The van der Waals surface area contributed by atoms with E-state index < -0.39 is 0 Å². The lowest BCUT2D eigenvalue weighted by molar-refractivity contribution is 0.230. The van der Waals surface area contributed by atoms with Gasteiger partial charge in [-0.3, -0.25) is 4.90 Å². The lowest BCUT2D eigenvalue weighted by Gasteiger charge is -2.27. The highest BCUT2D eigenvalue weighted by atomic mass is 15.2. The Bertz CT molecular complexity index is 871. The third-order valence-electron chi connectivity index (χ3n) is 5.44. The van der Waals surface area contributed by atoms with E-state index in [1.54, 1.807) is 0 Å². The summed E-state index contributed by atoms with van der Waals surface area (Å²) in [6.07, 6.45) is 4.84. The molecule has 2 fully saturated rings. The van der Waals surface area contributed by atoms with Crippen molar-refractivity contribution >= 4 is 5.65 Å². The molecule has 4 heteroatoms. The first-order valence-electron chi connectivity index (χ1n) is 9.38. The topological polar surface area (TPSA) is 32.6 Å². The quantitative estimate of drug-likeness (QED) is 0.796. The van der Waals surface area contributed by atoms with E-state index in [1.807, 2.05) is 0 Å². The summed E-state index contributed by atoms with van der Waals surface area (Å²) in [4.78, 5) is 7.48. The number of benzene rings is 1. The molecule has 2 aromatic heterocycles. The van der Waals surface area contributed by atoms with Gasteiger partial charge >= 0.3 is 0 Å². The molecular formula is C21H24N4. The molecular weight excluding hydrogens is 308 g/mol. The molecule has 3 heterocycles. The number of nitrogens with one attached hydrogen (secondary N) is 1. The molecule has 128 valence electrons. The van der Waals surface area contributed by atoms with Crippen molar-refractivity contribution in [3.8, 4) is 11.3 Å². The number of rotatable bonds is 4. The molecule has 0 unspecified atom stereocenters. The van der Waals surface area contributed by atoms with Crippen molar-refractivity contribution < 1.29 is 0 Å². The second-order valence-electron chi connectivity index (χ2n) is 7.26. The number of aromatic nitrogens is 2. The minimum Gasteiger partial charge on any atom is -0.314 e. The van der Waals surface area contributed by atoms with Crippen LogP contribution in [0, 0.1) is 0 Å². The lowest BCUT2D eigenvalue weighted by atomic mass is 10.0. The summed E-state index contributed by atoms with van der Waals surface area (Å²) in [5.74, 6) is 0.801. The molecule has 4 nitrogen and oxygen atoms in total. The highest BCUT2D eigenvalue weighted by Crippen LogP contribution is 2.40. The van der Waals surface area contributed by atoms with Crippen molar-refractivity contribution in [2.24, 2.45) is 0 Å². The van der Waals surface area contributed by atoms with E-state index in [-0.39, 0.29) is 0 Å². The molecule has 1 aromatic carbocycles. The second kappa shape index (κ2) is 6.28. The highest BCUT2D eigenvalue weighted by molar-refractivity contribution is 5.67. The van der Waals surface area contributed by atoms with E-state index in [9.17, 15) is 0 Å². The first kappa shape index (κ1) is 15.1. The SMILES string of the molecule is c1ccn2c(CN3CCNCC3)c(-c3ccc(C4CC4)cc3)nc2c1. The number of imidazole rings is 1. The van der Waals surface area contributed by atoms with Crippen LogP contribution in [0.2, 0.25) is 0 Å². The van der Waals surface area contributed by atoms with Crippen molar-refractivity contribution in [2.75, 3.05) is 26.2 Å². The van der Waals surface area contributed by atoms with Crippen molar-refractivity contribution in [1.29, 1.82) is 0 Å². The molecule has 2 aliphatic rings. The predicted molar refractivity (Wildman–Crippen MR) is 101 cm³/mol. The van der Waals surface area contributed by atoms with E-state index in [0.29, 0.717) is 0 Å². The maximum Gasteiger partial charge on any atom is 0.137 e. The van der Waals surface area contributed by atoms with Crippen LogP contribution in [0.4, 0.5) is 0 Å². The van der Waals surface area contributed by atoms with E-state index in [4.69, 9.17) is 4.98 Å². The molecule has 3 aromatic rings. The maximum atomic E-state index is 4.96. The second-order valence-corrected chi connectivity index (χ2v) is 7.26. The van der Waals surface area contributed by atoms with Gasteiger partial charge in [-0.2, -0.15) is 0 Å². The fraction of sp³-hybridized carbons (Fsp3) is 0.381. The monoisotopic (exact) mass is 332 g/mol. The van der Waals surface area contributed by atoms with Gasteiger partial charge in [-0.15, -0.1) is 0 Å². The summed E-state index contributed by atoms with van der Waals surface area (Å²) in [7, 11) is 0. The number of hydrogen-bond acceptors (Lipinski definition) is 3. The molecule has 0 radical (unpaired) electrons. The van der Waals surface area contributed by atoms with Crippen LogP contribution in [0.25, 0.3) is 16.9 Å². The first-order chi connectivity index (χ1) is 12.4. The third kappa shape index (κ3) is 2.96. The van der Waals surface area contributed by atoms with Crippen LogP contribution in [0.5, 0.6) is 0 Å². The lowest BCUT2D eigenvalue weighted by Crippen LogP contribution is -2.43. The summed E-state index contributed by atoms with van der Waals surface area (Å²) in [6, 6.07) is 15.4. The molecule has 1 saturated carbocycles. The number of fused-ring (bicyclic) bond motifs is 1. The van der Waals surface area contributed by atoms with Crippen molar-refractivity contribution in [1.82, 2.24) is 19.6 Å². The fourth-order valence-electron chi connectivity index (χ4n) is 3.84. The molecule has 0 bridgehead atoms. The normalized spacial score (nSPS) is 18.7. The van der Waals surface area contributed by atoms with Crippen LogP contribution in [0.3, 0.4) is 0 Å². The Balaban J connectivity index is 1.54. The Morgan fingerprint density at radius 2 is 1.80 bits per heavy atom. The van der Waals surface area contributed by atoms with Gasteiger partial charge in [-0.25, -0.2) is 4.98 Å². The fourth-order valence-corrected chi connectivity index (χ4v) is 3.84. The average molecular weight is 332 g/mol. The summed E-state index contributed by atoms with van der Waals surface area (Å²) in [5, 5.41) is 3.44. The van der Waals surface area contributed by atoms with Crippen LogP contribution >= 0.6 is 0 Å². The molecule has 0 atom stereocenters. The zero-order valence-electron chi connectivity index (χ0n) is 14.5. The van der Waals surface area contributed by atoms with E-state index in [1.165, 1.54) is 29.7 Å². The smallest absolute Gasteiger partial charge is 0.137 e.